The molecule has 0 N–H and O–H groups in total. The molecule has 0 radical (unpaired) electrons. The van der Waals surface area contributed by atoms with Gasteiger partial charge < -0.3 is 19.1 Å². The van der Waals surface area contributed by atoms with Crippen LogP contribution in [0.5, 0.6) is 11.5 Å². The molecule has 1 aromatic rings. The van der Waals surface area contributed by atoms with Crippen molar-refractivity contribution in [1.82, 2.24) is 9.80 Å². The molecular weight excluding hydrogens is 420 g/mol. The molecule has 0 atom stereocenters. The number of carbonyl (C=O) groups is 3. The molecular formula is C22H26N2O6S. The summed E-state index contributed by atoms with van der Waals surface area (Å²) in [6.07, 6.45) is 3.95. The standard InChI is InChI=1S/C22H26N2O6S/c1-4-6-16-11-15(12-17(30-5-2)20(16)28-3)13-18-21(26)24(22(27)31-18)14-19(25)23-7-9-29-10-8-23/h4,11-13H,1,5-10,14H2,2-3H3/b18-13-. The number of nitrogens with zero attached hydrogens (tertiary/aromatic N) is 2. The van der Waals surface area contributed by atoms with Crippen LogP contribution in [0.15, 0.2) is 29.7 Å². The van der Waals surface area contributed by atoms with Gasteiger partial charge in [-0.25, -0.2) is 0 Å². The molecule has 0 saturated carbocycles. The van der Waals surface area contributed by atoms with E-state index in [9.17, 15) is 14.4 Å². The first-order chi connectivity index (χ1) is 15.0. The van der Waals surface area contributed by atoms with Gasteiger partial charge in [-0.15, -0.1) is 6.58 Å². The number of carbonyl (C=O) groups excluding carboxylic acids is 3. The second-order valence-electron chi connectivity index (χ2n) is 6.90. The quantitative estimate of drug-likeness (QED) is 0.448. The summed E-state index contributed by atoms with van der Waals surface area (Å²) >= 11 is 0.825. The largest absolute Gasteiger partial charge is 0.493 e. The maximum absolute atomic E-state index is 12.8. The van der Waals surface area contributed by atoms with Gasteiger partial charge in [0.05, 0.1) is 31.8 Å². The number of morpholine rings is 1. The highest BCUT2D eigenvalue weighted by atomic mass is 32.2. The molecule has 0 bridgehead atoms. The maximum atomic E-state index is 12.8. The van der Waals surface area contributed by atoms with Gasteiger partial charge in [-0.2, -0.15) is 0 Å². The monoisotopic (exact) mass is 446 g/mol. The third-order valence-electron chi connectivity index (χ3n) is 4.85. The molecule has 0 aromatic heterocycles. The van der Waals surface area contributed by atoms with Gasteiger partial charge in [0.25, 0.3) is 11.1 Å². The van der Waals surface area contributed by atoms with Crippen molar-refractivity contribution in [2.24, 2.45) is 0 Å². The molecule has 9 heteroatoms. The Morgan fingerprint density at radius 2 is 2.03 bits per heavy atom. The number of allylic oxidation sites excluding steroid dienone is 1. The normalized spacial score (nSPS) is 17.9. The molecule has 2 saturated heterocycles. The second kappa shape index (κ2) is 10.5. The molecule has 2 aliphatic rings. The van der Waals surface area contributed by atoms with Crippen LogP contribution in [0.25, 0.3) is 6.08 Å². The first-order valence-corrected chi connectivity index (χ1v) is 10.9. The number of ether oxygens (including phenoxy) is 3. The van der Waals surface area contributed by atoms with Crippen LogP contribution in [-0.2, 0) is 20.7 Å². The number of imide groups is 1. The van der Waals surface area contributed by atoms with Crippen molar-refractivity contribution in [2.45, 2.75) is 13.3 Å². The van der Waals surface area contributed by atoms with Crippen molar-refractivity contribution in [1.29, 1.82) is 0 Å². The van der Waals surface area contributed by atoms with Crippen LogP contribution in [0.3, 0.4) is 0 Å². The van der Waals surface area contributed by atoms with Crippen LogP contribution in [0.1, 0.15) is 18.1 Å². The minimum atomic E-state index is -0.476. The van der Waals surface area contributed by atoms with E-state index >= 15 is 0 Å². The Labute approximate surface area is 185 Å². The van der Waals surface area contributed by atoms with E-state index in [4.69, 9.17) is 14.2 Å². The molecule has 3 rings (SSSR count). The van der Waals surface area contributed by atoms with Crippen LogP contribution in [0.4, 0.5) is 4.79 Å². The predicted octanol–water partition coefficient (Wildman–Crippen LogP) is 2.72. The van der Waals surface area contributed by atoms with Gasteiger partial charge in [-0.05, 0) is 48.9 Å². The smallest absolute Gasteiger partial charge is 0.294 e. The van der Waals surface area contributed by atoms with E-state index in [1.807, 2.05) is 13.0 Å². The van der Waals surface area contributed by atoms with Gasteiger partial charge in [-0.3, -0.25) is 19.3 Å². The Balaban J connectivity index is 1.83. The fourth-order valence-corrected chi connectivity index (χ4v) is 4.24. The number of hydrogen-bond donors (Lipinski definition) is 0. The molecule has 0 aliphatic carbocycles. The van der Waals surface area contributed by atoms with E-state index in [1.165, 1.54) is 0 Å². The van der Waals surface area contributed by atoms with E-state index in [1.54, 1.807) is 30.2 Å². The maximum Gasteiger partial charge on any atom is 0.294 e. The topological polar surface area (TPSA) is 85.4 Å². The molecule has 8 nitrogen and oxygen atoms in total. The van der Waals surface area contributed by atoms with Gasteiger partial charge in [0.1, 0.15) is 6.54 Å². The fourth-order valence-electron chi connectivity index (χ4n) is 3.40. The predicted molar refractivity (Wildman–Crippen MR) is 118 cm³/mol. The van der Waals surface area contributed by atoms with Gasteiger partial charge in [-0.1, -0.05) is 6.08 Å². The number of thioether (sulfide) groups is 1. The summed E-state index contributed by atoms with van der Waals surface area (Å²) < 4.78 is 16.4. The molecule has 2 fully saturated rings. The summed E-state index contributed by atoms with van der Waals surface area (Å²) in [7, 11) is 1.57. The summed E-state index contributed by atoms with van der Waals surface area (Å²) in [6, 6.07) is 3.64. The average Bonchev–Trinajstić information content (AvgIpc) is 3.02. The number of hydrogen-bond acceptors (Lipinski definition) is 7. The van der Waals surface area contributed by atoms with Crippen LogP contribution >= 0.6 is 11.8 Å². The number of amides is 3. The Morgan fingerprint density at radius 1 is 1.29 bits per heavy atom. The average molecular weight is 447 g/mol. The third-order valence-corrected chi connectivity index (χ3v) is 5.76. The van der Waals surface area contributed by atoms with E-state index in [0.717, 1.165) is 22.2 Å². The van der Waals surface area contributed by atoms with Gasteiger partial charge in [0, 0.05) is 18.7 Å². The first kappa shape index (κ1) is 22.9. The molecule has 2 aliphatic heterocycles. The van der Waals surface area contributed by atoms with Crippen molar-refractivity contribution >= 4 is 34.9 Å². The molecule has 166 valence electrons. The minimum absolute atomic E-state index is 0.261. The van der Waals surface area contributed by atoms with Crippen molar-refractivity contribution < 1.29 is 28.6 Å². The zero-order valence-corrected chi connectivity index (χ0v) is 18.5. The summed E-state index contributed by atoms with van der Waals surface area (Å²) in [5, 5.41) is -0.456. The molecule has 2 heterocycles. The highest BCUT2D eigenvalue weighted by Gasteiger charge is 2.37. The van der Waals surface area contributed by atoms with E-state index < -0.39 is 11.1 Å². The Bertz CT molecular complexity index is 908. The van der Waals surface area contributed by atoms with Crippen molar-refractivity contribution in [3.63, 3.8) is 0 Å². The summed E-state index contributed by atoms with van der Waals surface area (Å²) in [6.45, 7) is 7.67. The first-order valence-electron chi connectivity index (χ1n) is 10.0. The highest BCUT2D eigenvalue weighted by molar-refractivity contribution is 8.18. The Morgan fingerprint density at radius 3 is 2.68 bits per heavy atom. The molecule has 3 amide bonds. The Kier molecular flexibility index (Phi) is 7.75. The molecule has 0 spiro atoms. The van der Waals surface area contributed by atoms with Gasteiger partial charge in [0.15, 0.2) is 11.5 Å². The zero-order chi connectivity index (χ0) is 22.4. The lowest BCUT2D eigenvalue weighted by Crippen LogP contribution is -2.46. The second-order valence-corrected chi connectivity index (χ2v) is 7.89. The van der Waals surface area contributed by atoms with E-state index in [2.05, 4.69) is 6.58 Å². The van der Waals surface area contributed by atoms with E-state index in [0.29, 0.717) is 56.4 Å². The lowest BCUT2D eigenvalue weighted by atomic mass is 10.0. The van der Waals surface area contributed by atoms with Crippen molar-refractivity contribution in [3.05, 3.63) is 40.8 Å². The van der Waals surface area contributed by atoms with Crippen molar-refractivity contribution in [3.8, 4) is 11.5 Å². The summed E-state index contributed by atoms with van der Waals surface area (Å²) in [4.78, 5) is 40.6. The molecule has 31 heavy (non-hydrogen) atoms. The zero-order valence-electron chi connectivity index (χ0n) is 17.7. The van der Waals surface area contributed by atoms with E-state index in [-0.39, 0.29) is 17.4 Å². The van der Waals surface area contributed by atoms with Crippen LogP contribution in [0, 0.1) is 0 Å². The number of methoxy groups -OCH3 is 1. The van der Waals surface area contributed by atoms with Crippen molar-refractivity contribution in [2.75, 3.05) is 46.6 Å². The fraction of sp³-hybridized carbons (Fsp3) is 0.409. The van der Waals surface area contributed by atoms with Gasteiger partial charge >= 0.3 is 0 Å². The lowest BCUT2D eigenvalue weighted by molar-refractivity contribution is -0.139. The number of rotatable bonds is 8. The SMILES string of the molecule is C=CCc1cc(/C=C2\SC(=O)N(CC(=O)N3CCOCC3)C2=O)cc(OCC)c1OC. The number of benzene rings is 1. The third kappa shape index (κ3) is 5.29. The van der Waals surface area contributed by atoms with Gasteiger partial charge in [0.2, 0.25) is 5.91 Å². The molecule has 1 aromatic carbocycles. The summed E-state index contributed by atoms with van der Waals surface area (Å²) in [5.74, 6) is 0.430. The highest BCUT2D eigenvalue weighted by Crippen LogP contribution is 2.37. The summed E-state index contributed by atoms with van der Waals surface area (Å²) in [5.41, 5.74) is 1.56. The lowest BCUT2D eigenvalue weighted by Gasteiger charge is -2.28. The molecule has 0 unspecified atom stereocenters. The Hall–Kier alpha value is -2.78. The van der Waals surface area contributed by atoms with Crippen LogP contribution in [-0.4, -0.2) is 73.4 Å². The van der Waals surface area contributed by atoms with Crippen LogP contribution < -0.4 is 9.47 Å². The van der Waals surface area contributed by atoms with Crippen LogP contribution in [0.2, 0.25) is 0 Å². The minimum Gasteiger partial charge on any atom is -0.493 e.